The van der Waals surface area contributed by atoms with Crippen molar-refractivity contribution in [1.29, 1.82) is 0 Å². The van der Waals surface area contributed by atoms with Gasteiger partial charge in [-0.3, -0.25) is 9.59 Å². The molecule has 0 aliphatic carbocycles. The molecule has 2 aliphatic heterocycles. The molecular formula is C22H27N5O2. The lowest BCUT2D eigenvalue weighted by molar-refractivity contribution is -0.122. The maximum atomic E-state index is 12.7. The largest absolute Gasteiger partial charge is 0.341 e. The molecule has 1 unspecified atom stereocenters. The zero-order valence-corrected chi connectivity index (χ0v) is 17.0. The molecule has 7 nitrogen and oxygen atoms in total. The Morgan fingerprint density at radius 2 is 1.79 bits per heavy atom. The summed E-state index contributed by atoms with van der Waals surface area (Å²) in [6, 6.07) is 5.95. The lowest BCUT2D eigenvalue weighted by atomic mass is 10.1. The molecule has 2 fully saturated rings. The van der Waals surface area contributed by atoms with Crippen LogP contribution in [0.3, 0.4) is 0 Å². The lowest BCUT2D eigenvalue weighted by Gasteiger charge is -2.26. The summed E-state index contributed by atoms with van der Waals surface area (Å²) in [4.78, 5) is 37.8. The van der Waals surface area contributed by atoms with Gasteiger partial charge in [-0.1, -0.05) is 6.07 Å². The second kappa shape index (κ2) is 8.19. The van der Waals surface area contributed by atoms with Gasteiger partial charge >= 0.3 is 0 Å². The zero-order valence-electron chi connectivity index (χ0n) is 17.0. The molecule has 29 heavy (non-hydrogen) atoms. The predicted molar refractivity (Wildman–Crippen MR) is 113 cm³/mol. The fraction of sp³-hybridized carbons (Fsp3) is 0.455. The van der Waals surface area contributed by atoms with Crippen LogP contribution < -0.4 is 15.1 Å². The summed E-state index contributed by atoms with van der Waals surface area (Å²) in [5.41, 5.74) is 3.73. The topological polar surface area (TPSA) is 78.4 Å². The van der Waals surface area contributed by atoms with Gasteiger partial charge in [-0.05, 0) is 56.4 Å². The highest BCUT2D eigenvalue weighted by atomic mass is 16.2. The molecule has 1 atom stereocenters. The van der Waals surface area contributed by atoms with Gasteiger partial charge in [0.1, 0.15) is 0 Å². The molecule has 4 rings (SSSR count). The van der Waals surface area contributed by atoms with Crippen LogP contribution in [0, 0.1) is 19.8 Å². The molecule has 2 aromatic rings. The van der Waals surface area contributed by atoms with Crippen LogP contribution in [0.1, 0.15) is 36.8 Å². The molecule has 2 aliphatic rings. The molecule has 0 saturated carbocycles. The van der Waals surface area contributed by atoms with Gasteiger partial charge in [0.15, 0.2) is 0 Å². The van der Waals surface area contributed by atoms with Gasteiger partial charge in [-0.15, -0.1) is 0 Å². The maximum absolute atomic E-state index is 12.7. The monoisotopic (exact) mass is 393 g/mol. The van der Waals surface area contributed by atoms with Gasteiger partial charge in [0.2, 0.25) is 17.8 Å². The van der Waals surface area contributed by atoms with Crippen LogP contribution in [-0.4, -0.2) is 41.4 Å². The predicted octanol–water partition coefficient (Wildman–Crippen LogP) is 3.08. The van der Waals surface area contributed by atoms with Crippen LogP contribution in [-0.2, 0) is 9.59 Å². The Hall–Kier alpha value is -2.96. The highest BCUT2D eigenvalue weighted by molar-refractivity contribution is 6.03. The van der Waals surface area contributed by atoms with Crippen LogP contribution in [0.15, 0.2) is 30.6 Å². The minimum atomic E-state index is -0.383. The molecule has 0 spiro atoms. The summed E-state index contributed by atoms with van der Waals surface area (Å²) in [7, 11) is 0. The number of nitrogens with zero attached hydrogens (tertiary/aromatic N) is 4. The minimum Gasteiger partial charge on any atom is -0.341 e. The van der Waals surface area contributed by atoms with Crippen molar-refractivity contribution in [2.75, 3.05) is 34.8 Å². The number of benzene rings is 1. The fourth-order valence-corrected chi connectivity index (χ4v) is 3.91. The summed E-state index contributed by atoms with van der Waals surface area (Å²) in [6.45, 7) is 6.41. The molecule has 1 N–H and O–H groups in total. The number of amides is 2. The Morgan fingerprint density at radius 1 is 1.07 bits per heavy atom. The number of hydrogen-bond acceptors (Lipinski definition) is 5. The summed E-state index contributed by atoms with van der Waals surface area (Å²) < 4.78 is 0. The number of carbonyl (C=O) groups is 2. The van der Waals surface area contributed by atoms with Crippen molar-refractivity contribution >= 4 is 29.1 Å². The van der Waals surface area contributed by atoms with Crippen molar-refractivity contribution in [2.24, 2.45) is 5.92 Å². The van der Waals surface area contributed by atoms with Gasteiger partial charge in [0.25, 0.3) is 0 Å². The molecule has 7 heteroatoms. The molecule has 1 aromatic carbocycles. The van der Waals surface area contributed by atoms with Crippen LogP contribution in [0.5, 0.6) is 0 Å². The Kier molecular flexibility index (Phi) is 5.47. The number of carbonyl (C=O) groups excluding carboxylic acids is 2. The van der Waals surface area contributed by atoms with Crippen LogP contribution in [0.4, 0.5) is 17.3 Å². The van der Waals surface area contributed by atoms with E-state index in [9.17, 15) is 9.59 Å². The number of hydrogen-bond donors (Lipinski definition) is 1. The number of nitrogens with one attached hydrogen (secondary N) is 1. The zero-order chi connectivity index (χ0) is 20.4. The Balaban J connectivity index is 1.38. The van der Waals surface area contributed by atoms with Crippen LogP contribution >= 0.6 is 0 Å². The first-order chi connectivity index (χ1) is 14.0. The summed E-state index contributed by atoms with van der Waals surface area (Å²) in [5.74, 6) is 0.134. The van der Waals surface area contributed by atoms with Gasteiger partial charge in [0.05, 0.1) is 24.0 Å². The molecule has 152 valence electrons. The van der Waals surface area contributed by atoms with Gasteiger partial charge in [-0.25, -0.2) is 9.97 Å². The molecule has 0 radical (unpaired) electrons. The van der Waals surface area contributed by atoms with Gasteiger partial charge in [0, 0.05) is 31.7 Å². The van der Waals surface area contributed by atoms with Crippen molar-refractivity contribution < 1.29 is 9.59 Å². The van der Waals surface area contributed by atoms with E-state index in [-0.39, 0.29) is 24.2 Å². The summed E-state index contributed by atoms with van der Waals surface area (Å²) in [5, 5.41) is 2.87. The third kappa shape index (κ3) is 4.23. The van der Waals surface area contributed by atoms with E-state index in [1.807, 2.05) is 32.0 Å². The SMILES string of the molecule is Cc1ccc(N2CC(C(=O)Nc3cnc(N4CCCCC4)nc3)CC2=O)cc1C. The average molecular weight is 393 g/mol. The Morgan fingerprint density at radius 3 is 2.48 bits per heavy atom. The number of rotatable bonds is 4. The number of aryl methyl sites for hydroxylation is 2. The Bertz CT molecular complexity index is 906. The first kappa shape index (κ1) is 19.4. The normalized spacial score (nSPS) is 19.5. The van der Waals surface area contributed by atoms with Gasteiger partial charge in [-0.2, -0.15) is 0 Å². The average Bonchev–Trinajstić information content (AvgIpc) is 3.13. The first-order valence-corrected chi connectivity index (χ1v) is 10.3. The smallest absolute Gasteiger partial charge is 0.229 e. The van der Waals surface area contributed by atoms with Crippen LogP contribution in [0.2, 0.25) is 0 Å². The van der Waals surface area contributed by atoms with E-state index in [4.69, 9.17) is 0 Å². The molecule has 0 bridgehead atoms. The summed E-state index contributed by atoms with van der Waals surface area (Å²) in [6.07, 6.45) is 7.08. The number of aromatic nitrogens is 2. The van der Waals surface area contributed by atoms with Crippen molar-refractivity contribution in [2.45, 2.75) is 39.5 Å². The van der Waals surface area contributed by atoms with Crippen LogP contribution in [0.25, 0.3) is 0 Å². The standard InChI is InChI=1S/C22H27N5O2/c1-15-6-7-19(10-16(15)2)27-14-17(11-20(27)28)21(29)25-18-12-23-22(24-13-18)26-8-4-3-5-9-26/h6-7,10,12-13,17H,3-5,8-9,11,14H2,1-2H3,(H,25,29). The molecule has 2 saturated heterocycles. The first-order valence-electron chi connectivity index (χ1n) is 10.3. The minimum absolute atomic E-state index is 0.0231. The van der Waals surface area contributed by atoms with E-state index in [1.165, 1.54) is 12.0 Å². The summed E-state index contributed by atoms with van der Waals surface area (Å²) >= 11 is 0. The van der Waals surface area contributed by atoms with Crippen molar-refractivity contribution in [1.82, 2.24) is 9.97 Å². The third-order valence-corrected chi connectivity index (χ3v) is 5.84. The second-order valence-corrected chi connectivity index (χ2v) is 7.98. The van der Waals surface area contributed by atoms with Crippen molar-refractivity contribution in [3.8, 4) is 0 Å². The van der Waals surface area contributed by atoms with Gasteiger partial charge < -0.3 is 15.1 Å². The molecule has 1 aromatic heterocycles. The van der Waals surface area contributed by atoms with E-state index in [0.717, 1.165) is 37.2 Å². The number of piperidine rings is 1. The molecule has 2 amide bonds. The quantitative estimate of drug-likeness (QED) is 0.864. The Labute approximate surface area is 171 Å². The number of anilines is 3. The van der Waals surface area contributed by atoms with E-state index < -0.39 is 0 Å². The third-order valence-electron chi connectivity index (χ3n) is 5.84. The highest BCUT2D eigenvalue weighted by Crippen LogP contribution is 2.27. The van der Waals surface area contributed by atoms with E-state index >= 15 is 0 Å². The molecule has 3 heterocycles. The van der Waals surface area contributed by atoms with E-state index in [2.05, 4.69) is 20.2 Å². The second-order valence-electron chi connectivity index (χ2n) is 7.98. The maximum Gasteiger partial charge on any atom is 0.229 e. The van der Waals surface area contributed by atoms with E-state index in [0.29, 0.717) is 18.2 Å². The fourth-order valence-electron chi connectivity index (χ4n) is 3.91. The van der Waals surface area contributed by atoms with Crippen molar-refractivity contribution in [3.05, 3.63) is 41.7 Å². The molecular weight excluding hydrogens is 366 g/mol. The lowest BCUT2D eigenvalue weighted by Crippen LogP contribution is -2.31. The highest BCUT2D eigenvalue weighted by Gasteiger charge is 2.35. The van der Waals surface area contributed by atoms with E-state index in [1.54, 1.807) is 17.3 Å². The van der Waals surface area contributed by atoms with Crippen molar-refractivity contribution in [3.63, 3.8) is 0 Å².